The van der Waals surface area contributed by atoms with Crippen LogP contribution in [0.25, 0.3) is 0 Å². The first-order chi connectivity index (χ1) is 16.0. The zero-order valence-corrected chi connectivity index (χ0v) is 19.3. The second-order valence-corrected chi connectivity index (χ2v) is 8.90. The Morgan fingerprint density at radius 3 is 1.73 bits per heavy atom. The fourth-order valence-electron chi connectivity index (χ4n) is 4.45. The van der Waals surface area contributed by atoms with Crippen LogP contribution in [0.4, 0.5) is 0 Å². The SMILES string of the molecule is CC(C)c1ccc(C2CCCCC2)c(OC(=O)c2ccccc2)c1OC(=O)c1ccccc1. The first-order valence-electron chi connectivity index (χ1n) is 11.8. The van der Waals surface area contributed by atoms with Gasteiger partial charge in [-0.3, -0.25) is 0 Å². The minimum absolute atomic E-state index is 0.0816. The second-order valence-electron chi connectivity index (χ2n) is 8.90. The molecular weight excluding hydrogens is 412 g/mol. The highest BCUT2D eigenvalue weighted by Gasteiger charge is 2.28. The molecule has 1 aliphatic rings. The number of hydrogen-bond acceptors (Lipinski definition) is 4. The molecule has 0 aliphatic heterocycles. The smallest absolute Gasteiger partial charge is 0.343 e. The molecule has 4 rings (SSSR count). The van der Waals surface area contributed by atoms with Gasteiger partial charge < -0.3 is 9.47 Å². The van der Waals surface area contributed by atoms with Crippen molar-refractivity contribution in [3.05, 3.63) is 95.1 Å². The molecule has 170 valence electrons. The molecule has 4 nitrogen and oxygen atoms in total. The van der Waals surface area contributed by atoms with Crippen LogP contribution in [-0.4, -0.2) is 11.9 Å². The van der Waals surface area contributed by atoms with Crippen LogP contribution in [0.5, 0.6) is 11.5 Å². The fraction of sp³-hybridized carbons (Fsp3) is 0.310. The molecule has 0 radical (unpaired) electrons. The summed E-state index contributed by atoms with van der Waals surface area (Å²) in [5.74, 6) is 0.171. The molecule has 3 aromatic rings. The van der Waals surface area contributed by atoms with Crippen molar-refractivity contribution in [2.45, 2.75) is 57.8 Å². The summed E-state index contributed by atoms with van der Waals surface area (Å²) in [6.45, 7) is 4.08. The van der Waals surface area contributed by atoms with E-state index in [0.717, 1.165) is 36.8 Å². The van der Waals surface area contributed by atoms with Crippen molar-refractivity contribution in [2.75, 3.05) is 0 Å². The molecule has 4 heteroatoms. The highest BCUT2D eigenvalue weighted by Crippen LogP contribution is 2.46. The molecule has 0 unspecified atom stereocenters. The van der Waals surface area contributed by atoms with Crippen molar-refractivity contribution in [1.82, 2.24) is 0 Å². The molecule has 0 spiro atoms. The quantitative estimate of drug-likeness (QED) is 0.297. The Hall–Kier alpha value is -3.40. The highest BCUT2D eigenvalue weighted by atomic mass is 16.6. The van der Waals surface area contributed by atoms with E-state index in [-0.39, 0.29) is 11.8 Å². The van der Waals surface area contributed by atoms with E-state index < -0.39 is 11.9 Å². The van der Waals surface area contributed by atoms with Crippen LogP contribution in [0.15, 0.2) is 72.8 Å². The Morgan fingerprint density at radius 2 is 1.21 bits per heavy atom. The lowest BCUT2D eigenvalue weighted by Gasteiger charge is -2.26. The Balaban J connectivity index is 1.80. The number of carbonyl (C=O) groups excluding carboxylic acids is 2. The molecule has 0 N–H and O–H groups in total. The summed E-state index contributed by atoms with van der Waals surface area (Å²) in [6, 6.07) is 21.9. The third-order valence-electron chi connectivity index (χ3n) is 6.25. The van der Waals surface area contributed by atoms with E-state index in [0.29, 0.717) is 22.6 Å². The van der Waals surface area contributed by atoms with E-state index in [9.17, 15) is 9.59 Å². The van der Waals surface area contributed by atoms with Gasteiger partial charge in [-0.15, -0.1) is 0 Å². The average molecular weight is 443 g/mol. The first-order valence-corrected chi connectivity index (χ1v) is 11.8. The summed E-state index contributed by atoms with van der Waals surface area (Å²) in [6.07, 6.45) is 5.56. The summed E-state index contributed by atoms with van der Waals surface area (Å²) in [7, 11) is 0. The van der Waals surface area contributed by atoms with Crippen molar-refractivity contribution in [3.63, 3.8) is 0 Å². The van der Waals surface area contributed by atoms with Crippen LogP contribution < -0.4 is 9.47 Å². The van der Waals surface area contributed by atoms with E-state index in [2.05, 4.69) is 6.07 Å². The van der Waals surface area contributed by atoms with Gasteiger partial charge in [0.15, 0.2) is 11.5 Å². The van der Waals surface area contributed by atoms with E-state index in [1.807, 2.05) is 32.0 Å². The zero-order chi connectivity index (χ0) is 23.2. The highest BCUT2D eigenvalue weighted by molar-refractivity contribution is 5.93. The van der Waals surface area contributed by atoms with Gasteiger partial charge in [0, 0.05) is 11.1 Å². The third-order valence-corrected chi connectivity index (χ3v) is 6.25. The zero-order valence-electron chi connectivity index (χ0n) is 19.3. The minimum Gasteiger partial charge on any atom is -0.419 e. The predicted octanol–water partition coefficient (Wildman–Crippen LogP) is 7.30. The van der Waals surface area contributed by atoms with Crippen LogP contribution in [0.3, 0.4) is 0 Å². The Labute approximate surface area is 195 Å². The second kappa shape index (κ2) is 10.5. The summed E-state index contributed by atoms with van der Waals surface area (Å²) >= 11 is 0. The largest absolute Gasteiger partial charge is 0.419 e. The van der Waals surface area contributed by atoms with Gasteiger partial charge in [-0.1, -0.05) is 81.6 Å². The van der Waals surface area contributed by atoms with Gasteiger partial charge >= 0.3 is 11.9 Å². The lowest BCUT2D eigenvalue weighted by molar-refractivity contribution is 0.0678. The molecule has 0 bridgehead atoms. The van der Waals surface area contributed by atoms with Crippen molar-refractivity contribution < 1.29 is 19.1 Å². The number of hydrogen-bond donors (Lipinski definition) is 0. The molecule has 3 aromatic carbocycles. The van der Waals surface area contributed by atoms with Crippen LogP contribution in [0.2, 0.25) is 0 Å². The van der Waals surface area contributed by atoms with Crippen molar-refractivity contribution in [2.24, 2.45) is 0 Å². The number of rotatable bonds is 6. The first kappa shape index (κ1) is 22.8. The number of benzene rings is 3. The standard InChI is InChI=1S/C29H30O4/c1-20(2)24-18-19-25(21-12-6-3-7-13-21)27(33-29(31)23-16-10-5-11-17-23)26(24)32-28(30)22-14-8-4-9-15-22/h4-5,8-11,14-21H,3,6-7,12-13H2,1-2H3. The summed E-state index contributed by atoms with van der Waals surface area (Å²) < 4.78 is 12.0. The van der Waals surface area contributed by atoms with Gasteiger partial charge in [0.1, 0.15) is 0 Å². The maximum Gasteiger partial charge on any atom is 0.343 e. The minimum atomic E-state index is -0.463. The Kier molecular flexibility index (Phi) is 7.23. The number of esters is 2. The maximum absolute atomic E-state index is 13.1. The van der Waals surface area contributed by atoms with Crippen molar-refractivity contribution in [3.8, 4) is 11.5 Å². The van der Waals surface area contributed by atoms with Crippen LogP contribution in [0, 0.1) is 0 Å². The molecule has 1 fully saturated rings. The summed E-state index contributed by atoms with van der Waals surface area (Å²) in [4.78, 5) is 26.1. The van der Waals surface area contributed by atoms with Gasteiger partial charge in [0.2, 0.25) is 0 Å². The summed E-state index contributed by atoms with van der Waals surface area (Å²) in [5, 5.41) is 0. The molecule has 33 heavy (non-hydrogen) atoms. The lowest BCUT2D eigenvalue weighted by atomic mass is 9.82. The molecule has 0 heterocycles. The van der Waals surface area contributed by atoms with Gasteiger partial charge in [-0.2, -0.15) is 0 Å². The molecule has 0 saturated heterocycles. The molecular formula is C29H30O4. The average Bonchev–Trinajstić information content (AvgIpc) is 2.86. The van der Waals surface area contributed by atoms with Crippen molar-refractivity contribution in [1.29, 1.82) is 0 Å². The van der Waals surface area contributed by atoms with Crippen LogP contribution >= 0.6 is 0 Å². The molecule has 0 aromatic heterocycles. The number of carbonyl (C=O) groups is 2. The predicted molar refractivity (Wildman–Crippen MR) is 129 cm³/mol. The van der Waals surface area contributed by atoms with E-state index in [1.165, 1.54) is 6.42 Å². The van der Waals surface area contributed by atoms with Gasteiger partial charge in [0.25, 0.3) is 0 Å². The fourth-order valence-corrected chi connectivity index (χ4v) is 4.45. The maximum atomic E-state index is 13.1. The van der Waals surface area contributed by atoms with Gasteiger partial charge in [0.05, 0.1) is 11.1 Å². The third kappa shape index (κ3) is 5.33. The molecule has 0 atom stereocenters. The lowest BCUT2D eigenvalue weighted by Crippen LogP contribution is -2.17. The molecule has 1 saturated carbocycles. The van der Waals surface area contributed by atoms with Gasteiger partial charge in [-0.25, -0.2) is 9.59 Å². The Morgan fingerprint density at radius 1 is 0.697 bits per heavy atom. The molecule has 0 amide bonds. The molecule has 1 aliphatic carbocycles. The number of ether oxygens (including phenoxy) is 2. The van der Waals surface area contributed by atoms with E-state index in [4.69, 9.17) is 9.47 Å². The summed E-state index contributed by atoms with van der Waals surface area (Å²) in [5.41, 5.74) is 2.70. The normalized spacial score (nSPS) is 14.2. The van der Waals surface area contributed by atoms with E-state index in [1.54, 1.807) is 48.5 Å². The van der Waals surface area contributed by atoms with Crippen molar-refractivity contribution >= 4 is 11.9 Å². The van der Waals surface area contributed by atoms with Gasteiger partial charge in [-0.05, 0) is 48.9 Å². The monoisotopic (exact) mass is 442 g/mol. The Bertz CT molecular complexity index is 1100. The van der Waals surface area contributed by atoms with E-state index >= 15 is 0 Å². The van der Waals surface area contributed by atoms with Crippen LogP contribution in [0.1, 0.15) is 89.6 Å². The topological polar surface area (TPSA) is 52.6 Å². The van der Waals surface area contributed by atoms with Crippen LogP contribution in [-0.2, 0) is 0 Å².